The molecule has 0 N–H and O–H groups in total. The predicted octanol–water partition coefficient (Wildman–Crippen LogP) is 6.81. The molecule has 0 amide bonds. The zero-order valence-corrected chi connectivity index (χ0v) is 20.6. The Morgan fingerprint density at radius 2 is 1.59 bits per heavy atom. The summed E-state index contributed by atoms with van der Waals surface area (Å²) in [6, 6.07) is 16.3. The number of hydrogen-bond acceptors (Lipinski definition) is 0. The van der Waals surface area contributed by atoms with Gasteiger partial charge in [0.2, 0.25) is 0 Å². The van der Waals surface area contributed by atoms with Gasteiger partial charge in [0.1, 0.15) is 0 Å². The molecule has 2 aliphatic rings. The molecule has 0 heterocycles. The predicted molar refractivity (Wildman–Crippen MR) is 118 cm³/mol. The molecule has 2 aromatic carbocycles. The van der Waals surface area contributed by atoms with Gasteiger partial charge in [0, 0.05) is 26.2 Å². The molecule has 4 rings (SSSR count). The first kappa shape index (κ1) is 21.0. The van der Waals surface area contributed by atoms with Crippen LogP contribution in [0.25, 0.3) is 17.2 Å². The van der Waals surface area contributed by atoms with Crippen LogP contribution in [0.3, 0.4) is 0 Å². The van der Waals surface area contributed by atoms with Gasteiger partial charge in [-0.3, -0.25) is 0 Å². The van der Waals surface area contributed by atoms with Crippen molar-refractivity contribution in [3.63, 3.8) is 0 Å². The van der Waals surface area contributed by atoms with Gasteiger partial charge in [-0.1, -0.05) is 111 Å². The zero-order chi connectivity index (χ0) is 18.1. The van der Waals surface area contributed by atoms with Crippen molar-refractivity contribution in [2.75, 3.05) is 0 Å². The minimum Gasteiger partial charge on any atom is -0.0656 e. The third-order valence-corrected chi connectivity index (χ3v) is 8.37. The van der Waals surface area contributed by atoms with Crippen LogP contribution in [0.1, 0.15) is 49.7 Å². The molecule has 0 unspecified atom stereocenters. The Bertz CT molecular complexity index is 805. The zero-order valence-electron chi connectivity index (χ0n) is 17.1. The van der Waals surface area contributed by atoms with E-state index in [1.165, 1.54) is 67.2 Å². The van der Waals surface area contributed by atoms with E-state index in [1.54, 1.807) is 10.8 Å². The Morgan fingerprint density at radius 1 is 0.889 bits per heavy atom. The number of benzene rings is 2. The van der Waals surface area contributed by atoms with Crippen molar-refractivity contribution < 1.29 is 26.2 Å². The van der Waals surface area contributed by atoms with Gasteiger partial charge in [-0.25, -0.2) is 0 Å². The molecule has 27 heavy (non-hydrogen) atoms. The van der Waals surface area contributed by atoms with E-state index in [1.807, 2.05) is 0 Å². The molecular weight excluding hydrogens is 420 g/mol. The number of allylic oxidation sites excluding steroid dienone is 1. The second-order valence-electron chi connectivity index (χ2n) is 9.39. The summed E-state index contributed by atoms with van der Waals surface area (Å²) >= 11 is 0. The standard InChI is InChI=1S/C25H32Si.Zr/c1-26(2,3)23-14-12-21(13-15-23)24-11-7-10-22-17-20(18-25(22)24)16-19-8-5-4-6-9-19;/h7,10-15,18-19H,4-6,8-9,16-17H2,1-3H3;. The molecule has 2 heteroatoms. The summed E-state index contributed by atoms with van der Waals surface area (Å²) in [5.41, 5.74) is 7.47. The molecule has 140 valence electrons. The van der Waals surface area contributed by atoms with Crippen LogP contribution in [0, 0.1) is 5.92 Å². The first-order valence-corrected chi connectivity index (χ1v) is 13.9. The van der Waals surface area contributed by atoms with Gasteiger partial charge in [0.05, 0.1) is 8.07 Å². The fourth-order valence-electron chi connectivity index (χ4n) is 4.73. The maximum atomic E-state index is 2.52. The molecule has 0 nitrogen and oxygen atoms in total. The van der Waals surface area contributed by atoms with Crippen LogP contribution in [-0.4, -0.2) is 8.07 Å². The number of rotatable bonds is 4. The molecule has 0 saturated heterocycles. The summed E-state index contributed by atoms with van der Waals surface area (Å²) in [7, 11) is -1.23. The van der Waals surface area contributed by atoms with E-state index in [0.717, 1.165) is 5.92 Å². The van der Waals surface area contributed by atoms with Crippen LogP contribution in [-0.2, 0) is 32.6 Å². The average molecular weight is 452 g/mol. The smallest absolute Gasteiger partial charge is 0.0656 e. The Kier molecular flexibility index (Phi) is 6.80. The first-order valence-electron chi connectivity index (χ1n) is 10.4. The Morgan fingerprint density at radius 3 is 2.26 bits per heavy atom. The third-order valence-electron chi connectivity index (χ3n) is 6.30. The normalized spacial score (nSPS) is 17.2. The van der Waals surface area contributed by atoms with Crippen molar-refractivity contribution >= 4 is 19.3 Å². The van der Waals surface area contributed by atoms with Crippen LogP contribution in [0.4, 0.5) is 0 Å². The Labute approximate surface area is 185 Å². The van der Waals surface area contributed by atoms with Crippen molar-refractivity contribution in [2.24, 2.45) is 5.92 Å². The summed E-state index contributed by atoms with van der Waals surface area (Å²) < 4.78 is 0. The quantitative estimate of drug-likeness (QED) is 0.448. The van der Waals surface area contributed by atoms with E-state index < -0.39 is 8.07 Å². The molecule has 0 atom stereocenters. The van der Waals surface area contributed by atoms with Crippen molar-refractivity contribution in [1.29, 1.82) is 0 Å². The van der Waals surface area contributed by atoms with E-state index >= 15 is 0 Å². The van der Waals surface area contributed by atoms with Crippen molar-refractivity contribution in [3.8, 4) is 11.1 Å². The first-order chi connectivity index (χ1) is 12.5. The minimum absolute atomic E-state index is 0. The largest absolute Gasteiger partial charge is 0.0775 e. The molecule has 0 bridgehead atoms. The number of fused-ring (bicyclic) bond motifs is 1. The molecule has 0 radical (unpaired) electrons. The molecule has 2 aliphatic carbocycles. The minimum atomic E-state index is -1.23. The second-order valence-corrected chi connectivity index (χ2v) is 14.5. The second kappa shape index (κ2) is 8.75. The number of hydrogen-bond donors (Lipinski definition) is 0. The summed E-state index contributed by atoms with van der Waals surface area (Å²) in [5, 5.41) is 1.54. The van der Waals surface area contributed by atoms with Crippen molar-refractivity contribution in [3.05, 3.63) is 59.2 Å². The molecule has 0 aromatic heterocycles. The molecule has 0 spiro atoms. The molecular formula is C25H32SiZr. The summed E-state index contributed by atoms with van der Waals surface area (Å²) in [5.74, 6) is 0.934. The van der Waals surface area contributed by atoms with Crippen LogP contribution >= 0.6 is 0 Å². The van der Waals surface area contributed by atoms with Gasteiger partial charge in [-0.2, -0.15) is 0 Å². The molecule has 1 saturated carbocycles. The van der Waals surface area contributed by atoms with Crippen LogP contribution in [0.2, 0.25) is 19.6 Å². The SMILES string of the molecule is C[Si](C)(C)c1ccc(-c2cccc3c2C=C(CC2CCCCC2)C3)cc1.[Zr]. The van der Waals surface area contributed by atoms with E-state index in [0.29, 0.717) is 0 Å². The third kappa shape index (κ3) is 4.83. The average Bonchev–Trinajstić information content (AvgIpc) is 3.04. The van der Waals surface area contributed by atoms with Gasteiger partial charge >= 0.3 is 0 Å². The summed E-state index contributed by atoms with van der Waals surface area (Å²) in [4.78, 5) is 0. The summed E-state index contributed by atoms with van der Waals surface area (Å²) in [6.45, 7) is 7.26. The maximum absolute atomic E-state index is 2.52. The monoisotopic (exact) mass is 450 g/mol. The van der Waals surface area contributed by atoms with E-state index in [2.05, 4.69) is 68.2 Å². The maximum Gasteiger partial charge on any atom is 0.0775 e. The van der Waals surface area contributed by atoms with Crippen LogP contribution < -0.4 is 5.19 Å². The van der Waals surface area contributed by atoms with Crippen molar-refractivity contribution in [1.82, 2.24) is 0 Å². The van der Waals surface area contributed by atoms with Gasteiger partial charge in [0.25, 0.3) is 0 Å². The van der Waals surface area contributed by atoms with Crippen molar-refractivity contribution in [2.45, 2.75) is 64.6 Å². The fraction of sp³-hybridized carbons (Fsp3) is 0.440. The van der Waals surface area contributed by atoms with Gasteiger partial charge in [0.15, 0.2) is 0 Å². The molecule has 2 aromatic rings. The Balaban J connectivity index is 0.00000210. The van der Waals surface area contributed by atoms with Crippen LogP contribution in [0.15, 0.2) is 48.0 Å². The van der Waals surface area contributed by atoms with E-state index in [4.69, 9.17) is 0 Å². The van der Waals surface area contributed by atoms with E-state index in [9.17, 15) is 0 Å². The van der Waals surface area contributed by atoms with E-state index in [-0.39, 0.29) is 26.2 Å². The Hall–Kier alpha value is -0.720. The topological polar surface area (TPSA) is 0 Å². The van der Waals surface area contributed by atoms with Gasteiger partial charge in [-0.15, -0.1) is 0 Å². The fourth-order valence-corrected chi connectivity index (χ4v) is 5.90. The molecule has 0 aliphatic heterocycles. The van der Waals surface area contributed by atoms with Gasteiger partial charge in [-0.05, 0) is 41.0 Å². The van der Waals surface area contributed by atoms with Crippen LogP contribution in [0.5, 0.6) is 0 Å². The summed E-state index contributed by atoms with van der Waals surface area (Å²) in [6.07, 6.45) is 12.2. The van der Waals surface area contributed by atoms with Gasteiger partial charge < -0.3 is 0 Å². The molecule has 1 fully saturated rings.